The topological polar surface area (TPSA) is 132 Å². The zero-order valence-electron chi connectivity index (χ0n) is 21.0. The normalized spacial score (nSPS) is 17.5. The van der Waals surface area contributed by atoms with Crippen LogP contribution >= 0.6 is 0 Å². The highest BCUT2D eigenvalue weighted by Crippen LogP contribution is 2.42. The Kier molecular flexibility index (Phi) is 6.62. The number of pyridine rings is 1. The number of hydrogen-bond acceptors (Lipinski definition) is 8. The van der Waals surface area contributed by atoms with E-state index in [1.807, 2.05) is 24.3 Å². The molecule has 0 radical (unpaired) electrons. The number of aromatic nitrogens is 3. The number of ether oxygens (including phenoxy) is 2. The third-order valence-electron chi connectivity index (χ3n) is 6.36. The highest BCUT2D eigenvalue weighted by Gasteiger charge is 2.38. The van der Waals surface area contributed by atoms with Crippen molar-refractivity contribution >= 4 is 32.7 Å². The van der Waals surface area contributed by atoms with Gasteiger partial charge in [0.05, 0.1) is 28.5 Å². The number of fused-ring (bicyclic) bond motifs is 1. The lowest BCUT2D eigenvalue weighted by Gasteiger charge is -2.25. The Bertz CT molecular complexity index is 1620. The lowest BCUT2D eigenvalue weighted by molar-refractivity contribution is -0.146. The summed E-state index contributed by atoms with van der Waals surface area (Å²) < 4.78 is 35.4. The molecule has 196 valence electrons. The van der Waals surface area contributed by atoms with Crippen LogP contribution in [0, 0.1) is 0 Å². The first-order valence-corrected chi connectivity index (χ1v) is 13.8. The predicted octanol–water partition coefficient (Wildman–Crippen LogP) is 4.05. The molecule has 10 nitrogen and oxygen atoms in total. The summed E-state index contributed by atoms with van der Waals surface area (Å²) in [7, 11) is -3.36. The summed E-state index contributed by atoms with van der Waals surface area (Å²) in [5.74, 6) is 0.872. The lowest BCUT2D eigenvalue weighted by Crippen LogP contribution is -2.30. The van der Waals surface area contributed by atoms with Crippen LogP contribution in [-0.4, -0.2) is 59.1 Å². The maximum Gasteiger partial charge on any atom is 0.302 e. The Morgan fingerprint density at radius 2 is 1.84 bits per heavy atom. The monoisotopic (exact) mass is 534 g/mol. The number of imidazole rings is 1. The molecule has 2 aromatic carbocycles. The molecule has 1 amide bonds. The number of nitrogens with one attached hydrogen (secondary N) is 1. The minimum absolute atomic E-state index is 0.160. The number of esters is 1. The maximum atomic E-state index is 12.6. The SMILES string of the molecule is CC(=O)O[C@H]1C[C@@H](c2cc3[nH]c(-c4ccccn4)nc3cc2Oc2ccc(S(C)(=O)=O)cc2)N(C(C)=O)C1. The second-order valence-corrected chi connectivity index (χ2v) is 11.2. The van der Waals surface area contributed by atoms with E-state index in [1.165, 1.54) is 26.0 Å². The van der Waals surface area contributed by atoms with Gasteiger partial charge in [0.25, 0.3) is 0 Å². The molecular formula is C27H26N4O6S. The van der Waals surface area contributed by atoms with Crippen molar-refractivity contribution in [2.24, 2.45) is 0 Å². The van der Waals surface area contributed by atoms with E-state index < -0.39 is 28.0 Å². The Hall–Kier alpha value is -4.25. The van der Waals surface area contributed by atoms with Crippen LogP contribution in [0.5, 0.6) is 11.5 Å². The molecule has 0 spiro atoms. The van der Waals surface area contributed by atoms with Crippen molar-refractivity contribution in [2.45, 2.75) is 37.3 Å². The quantitative estimate of drug-likeness (QED) is 0.367. The maximum absolute atomic E-state index is 12.6. The molecule has 0 aliphatic carbocycles. The molecule has 1 saturated heterocycles. The number of aromatic amines is 1. The third kappa shape index (κ3) is 5.23. The summed E-state index contributed by atoms with van der Waals surface area (Å²) in [4.78, 5) is 38.4. The van der Waals surface area contributed by atoms with Gasteiger partial charge in [-0.1, -0.05) is 6.07 Å². The first-order valence-electron chi connectivity index (χ1n) is 12.0. The van der Waals surface area contributed by atoms with Crippen LogP contribution in [0.25, 0.3) is 22.6 Å². The lowest BCUT2D eigenvalue weighted by atomic mass is 10.0. The van der Waals surface area contributed by atoms with Crippen LogP contribution in [0.2, 0.25) is 0 Å². The summed E-state index contributed by atoms with van der Waals surface area (Å²) in [5.41, 5.74) is 2.72. The summed E-state index contributed by atoms with van der Waals surface area (Å²) >= 11 is 0. The number of nitrogens with zero attached hydrogens (tertiary/aromatic N) is 3. The highest BCUT2D eigenvalue weighted by atomic mass is 32.2. The standard InChI is InChI=1S/C27H26N4O6S/c1-16(32)31-15-19(36-17(2)33)12-25(31)21-13-23-24(30-27(29-23)22-6-4-5-11-28-22)14-26(21)37-18-7-9-20(10-8-18)38(3,34)35/h4-11,13-14,19,25H,12,15H2,1-3H3,(H,29,30)/t19-,25-/m0/s1. The fraction of sp³-hybridized carbons (Fsp3) is 0.259. The number of sulfone groups is 1. The summed E-state index contributed by atoms with van der Waals surface area (Å²) in [6, 6.07) is 14.9. The first-order chi connectivity index (χ1) is 18.1. The Labute approximate surface area is 219 Å². The van der Waals surface area contributed by atoms with Gasteiger partial charge in [0, 0.05) is 44.4 Å². The van der Waals surface area contributed by atoms with Crippen LogP contribution in [-0.2, 0) is 24.2 Å². The average Bonchev–Trinajstić information content (AvgIpc) is 3.47. The van der Waals surface area contributed by atoms with Crippen molar-refractivity contribution in [3.05, 3.63) is 66.4 Å². The van der Waals surface area contributed by atoms with Crippen LogP contribution in [0.3, 0.4) is 0 Å². The average molecular weight is 535 g/mol. The van der Waals surface area contributed by atoms with Gasteiger partial charge in [-0.05, 0) is 42.5 Å². The van der Waals surface area contributed by atoms with E-state index >= 15 is 0 Å². The van der Waals surface area contributed by atoms with Crippen molar-refractivity contribution in [1.29, 1.82) is 0 Å². The summed E-state index contributed by atoms with van der Waals surface area (Å²) in [6.45, 7) is 3.08. The second-order valence-electron chi connectivity index (χ2n) is 9.21. The van der Waals surface area contributed by atoms with Gasteiger partial charge in [0.15, 0.2) is 15.7 Å². The van der Waals surface area contributed by atoms with Crippen LogP contribution < -0.4 is 4.74 Å². The van der Waals surface area contributed by atoms with Gasteiger partial charge in [0.2, 0.25) is 5.91 Å². The molecule has 1 fully saturated rings. The van der Waals surface area contributed by atoms with Crippen molar-refractivity contribution in [1.82, 2.24) is 19.9 Å². The molecule has 38 heavy (non-hydrogen) atoms. The van der Waals surface area contributed by atoms with E-state index in [4.69, 9.17) is 9.47 Å². The van der Waals surface area contributed by atoms with E-state index in [1.54, 1.807) is 29.3 Å². The van der Waals surface area contributed by atoms with Crippen LogP contribution in [0.15, 0.2) is 65.7 Å². The van der Waals surface area contributed by atoms with Gasteiger partial charge in [-0.3, -0.25) is 14.6 Å². The minimum Gasteiger partial charge on any atom is -0.461 e. The Balaban J connectivity index is 1.60. The van der Waals surface area contributed by atoms with E-state index in [9.17, 15) is 18.0 Å². The van der Waals surface area contributed by atoms with E-state index in [2.05, 4.69) is 15.0 Å². The largest absolute Gasteiger partial charge is 0.461 e. The van der Waals surface area contributed by atoms with Crippen molar-refractivity contribution < 1.29 is 27.5 Å². The summed E-state index contributed by atoms with van der Waals surface area (Å²) in [6.07, 6.45) is 2.77. The molecule has 4 aromatic rings. The van der Waals surface area contributed by atoms with Crippen LogP contribution in [0.1, 0.15) is 31.9 Å². The zero-order valence-corrected chi connectivity index (χ0v) is 21.9. The van der Waals surface area contributed by atoms with Gasteiger partial charge in [-0.25, -0.2) is 13.4 Å². The Morgan fingerprint density at radius 3 is 2.47 bits per heavy atom. The van der Waals surface area contributed by atoms with Gasteiger partial charge in [-0.15, -0.1) is 0 Å². The number of benzene rings is 2. The fourth-order valence-corrected chi connectivity index (χ4v) is 5.30. The smallest absolute Gasteiger partial charge is 0.302 e. The number of H-pyrrole nitrogens is 1. The Morgan fingerprint density at radius 1 is 1.08 bits per heavy atom. The molecule has 3 heterocycles. The number of carbonyl (C=O) groups excluding carboxylic acids is 2. The van der Waals surface area contributed by atoms with Crippen molar-refractivity contribution in [3.8, 4) is 23.0 Å². The van der Waals surface area contributed by atoms with Crippen LogP contribution in [0.4, 0.5) is 0 Å². The minimum atomic E-state index is -3.36. The third-order valence-corrected chi connectivity index (χ3v) is 7.49. The molecule has 11 heteroatoms. The molecule has 0 unspecified atom stereocenters. The first kappa shape index (κ1) is 25.4. The molecular weight excluding hydrogens is 508 g/mol. The number of hydrogen-bond donors (Lipinski definition) is 1. The van der Waals surface area contributed by atoms with Gasteiger partial charge < -0.3 is 19.4 Å². The summed E-state index contributed by atoms with van der Waals surface area (Å²) in [5, 5.41) is 0. The number of amides is 1. The van der Waals surface area contributed by atoms with Gasteiger partial charge >= 0.3 is 5.97 Å². The predicted molar refractivity (Wildman–Crippen MR) is 139 cm³/mol. The highest BCUT2D eigenvalue weighted by molar-refractivity contribution is 7.90. The number of rotatable bonds is 6. The molecule has 1 aliphatic heterocycles. The second kappa shape index (κ2) is 9.90. The molecule has 2 atom stereocenters. The molecule has 5 rings (SSSR count). The number of likely N-dealkylation sites (tertiary alicyclic amines) is 1. The fourth-order valence-electron chi connectivity index (χ4n) is 4.67. The molecule has 1 aliphatic rings. The zero-order chi connectivity index (χ0) is 27.0. The van der Waals surface area contributed by atoms with Gasteiger partial charge in [0.1, 0.15) is 23.3 Å². The molecule has 0 saturated carbocycles. The molecule has 0 bridgehead atoms. The molecule has 1 N–H and O–H groups in total. The van der Waals surface area contributed by atoms with E-state index in [0.29, 0.717) is 40.5 Å². The van der Waals surface area contributed by atoms with E-state index in [-0.39, 0.29) is 17.3 Å². The molecule has 2 aromatic heterocycles. The van der Waals surface area contributed by atoms with E-state index in [0.717, 1.165) is 11.8 Å². The van der Waals surface area contributed by atoms with Crippen molar-refractivity contribution in [2.75, 3.05) is 12.8 Å². The van der Waals surface area contributed by atoms with Gasteiger partial charge in [-0.2, -0.15) is 0 Å². The van der Waals surface area contributed by atoms with Crippen molar-refractivity contribution in [3.63, 3.8) is 0 Å². The number of carbonyl (C=O) groups is 2.